The fourth-order valence-electron chi connectivity index (χ4n) is 3.04. The van der Waals surface area contributed by atoms with Crippen LogP contribution in [0.5, 0.6) is 5.75 Å². The van der Waals surface area contributed by atoms with Crippen LogP contribution in [0.2, 0.25) is 0 Å². The van der Waals surface area contributed by atoms with Crippen LogP contribution in [0.4, 0.5) is 0 Å². The van der Waals surface area contributed by atoms with Gasteiger partial charge in [0, 0.05) is 4.47 Å². The van der Waals surface area contributed by atoms with Crippen LogP contribution in [-0.2, 0) is 11.8 Å². The number of rotatable bonds is 0. The summed E-state index contributed by atoms with van der Waals surface area (Å²) < 4.78 is 1.12. The van der Waals surface area contributed by atoms with Crippen LogP contribution >= 0.6 is 15.9 Å². The maximum atomic E-state index is 9.51. The standard InChI is InChI=1S/C12H13BrO/c13-10-7-9(14)6-8-2-5-12(11(8)10)3-1-4-12/h6-7,14H,1-5H2. The summed E-state index contributed by atoms with van der Waals surface area (Å²) in [6, 6.07) is 3.78. The fourth-order valence-corrected chi connectivity index (χ4v) is 3.95. The summed E-state index contributed by atoms with van der Waals surface area (Å²) in [5.74, 6) is 0.395. The molecule has 1 N–H and O–H groups in total. The quantitative estimate of drug-likeness (QED) is 0.750. The highest BCUT2D eigenvalue weighted by Crippen LogP contribution is 2.55. The second-order valence-corrected chi connectivity index (χ2v) is 5.45. The molecule has 74 valence electrons. The maximum Gasteiger partial charge on any atom is 0.116 e. The number of hydrogen-bond acceptors (Lipinski definition) is 1. The molecule has 14 heavy (non-hydrogen) atoms. The minimum Gasteiger partial charge on any atom is -0.508 e. The Kier molecular flexibility index (Phi) is 1.73. The molecule has 0 amide bonds. The topological polar surface area (TPSA) is 20.2 Å². The number of halogens is 1. The third-order valence-corrected chi connectivity index (χ3v) is 4.50. The van der Waals surface area contributed by atoms with Crippen LogP contribution < -0.4 is 0 Å². The molecule has 0 unspecified atom stereocenters. The van der Waals surface area contributed by atoms with Crippen LogP contribution in [0, 0.1) is 0 Å². The minimum atomic E-state index is 0.395. The molecule has 1 aromatic carbocycles. The Morgan fingerprint density at radius 2 is 2.00 bits per heavy atom. The van der Waals surface area contributed by atoms with Crippen LogP contribution in [0.3, 0.4) is 0 Å². The van der Waals surface area contributed by atoms with Gasteiger partial charge in [-0.05, 0) is 54.4 Å². The molecule has 0 atom stereocenters. The van der Waals surface area contributed by atoms with E-state index in [-0.39, 0.29) is 0 Å². The zero-order valence-electron chi connectivity index (χ0n) is 8.02. The summed E-state index contributed by atoms with van der Waals surface area (Å²) in [5, 5.41) is 9.51. The third-order valence-electron chi connectivity index (χ3n) is 3.87. The van der Waals surface area contributed by atoms with E-state index in [0.29, 0.717) is 11.2 Å². The lowest BCUT2D eigenvalue weighted by Gasteiger charge is -2.40. The van der Waals surface area contributed by atoms with Gasteiger partial charge in [-0.15, -0.1) is 0 Å². The normalized spacial score (nSPS) is 22.1. The number of aryl methyl sites for hydroxylation is 1. The molecule has 1 fully saturated rings. The lowest BCUT2D eigenvalue weighted by molar-refractivity contribution is 0.243. The number of fused-ring (bicyclic) bond motifs is 2. The van der Waals surface area contributed by atoms with E-state index in [0.717, 1.165) is 10.9 Å². The average molecular weight is 253 g/mol. The van der Waals surface area contributed by atoms with Crippen molar-refractivity contribution in [1.29, 1.82) is 0 Å². The molecule has 0 radical (unpaired) electrons. The second-order valence-electron chi connectivity index (χ2n) is 4.60. The van der Waals surface area contributed by atoms with Crippen molar-refractivity contribution >= 4 is 15.9 Å². The fraction of sp³-hybridized carbons (Fsp3) is 0.500. The predicted molar refractivity (Wildman–Crippen MR) is 59.7 cm³/mol. The van der Waals surface area contributed by atoms with E-state index in [1.54, 1.807) is 0 Å². The molecule has 1 spiro atoms. The molecular formula is C12H13BrO. The molecule has 0 saturated heterocycles. The summed E-state index contributed by atoms with van der Waals surface area (Å²) in [6.07, 6.45) is 6.46. The van der Waals surface area contributed by atoms with Gasteiger partial charge in [-0.25, -0.2) is 0 Å². The van der Waals surface area contributed by atoms with E-state index in [9.17, 15) is 5.11 Å². The summed E-state index contributed by atoms with van der Waals surface area (Å²) in [4.78, 5) is 0. The molecule has 1 saturated carbocycles. The third kappa shape index (κ3) is 1.01. The second kappa shape index (κ2) is 2.75. The highest BCUT2D eigenvalue weighted by Gasteiger charge is 2.44. The van der Waals surface area contributed by atoms with Gasteiger partial charge in [0.25, 0.3) is 0 Å². The highest BCUT2D eigenvalue weighted by molar-refractivity contribution is 9.10. The summed E-state index contributed by atoms with van der Waals surface area (Å²) in [7, 11) is 0. The van der Waals surface area contributed by atoms with Gasteiger partial charge < -0.3 is 5.11 Å². The lowest BCUT2D eigenvalue weighted by atomic mass is 9.65. The van der Waals surface area contributed by atoms with E-state index in [1.165, 1.54) is 36.8 Å². The lowest BCUT2D eigenvalue weighted by Crippen LogP contribution is -2.31. The van der Waals surface area contributed by atoms with Crippen molar-refractivity contribution in [2.75, 3.05) is 0 Å². The van der Waals surface area contributed by atoms with E-state index < -0.39 is 0 Å². The van der Waals surface area contributed by atoms with Crippen molar-refractivity contribution in [3.05, 3.63) is 27.7 Å². The molecule has 0 heterocycles. The van der Waals surface area contributed by atoms with E-state index in [1.807, 2.05) is 12.1 Å². The minimum absolute atomic E-state index is 0.395. The summed E-state index contributed by atoms with van der Waals surface area (Å²) in [6.45, 7) is 0. The first-order valence-corrected chi connectivity index (χ1v) is 6.02. The van der Waals surface area contributed by atoms with Gasteiger partial charge in [-0.3, -0.25) is 0 Å². The van der Waals surface area contributed by atoms with Crippen molar-refractivity contribution in [3.8, 4) is 5.75 Å². The zero-order valence-corrected chi connectivity index (χ0v) is 9.60. The molecule has 0 bridgehead atoms. The maximum absolute atomic E-state index is 9.51. The SMILES string of the molecule is Oc1cc(Br)c2c(c1)CCC21CCC1. The predicted octanol–water partition coefficient (Wildman–Crippen LogP) is 3.52. The van der Waals surface area contributed by atoms with Crippen LogP contribution in [0.1, 0.15) is 36.8 Å². The zero-order chi connectivity index (χ0) is 9.76. The first-order valence-electron chi connectivity index (χ1n) is 5.23. The van der Waals surface area contributed by atoms with Crippen molar-refractivity contribution < 1.29 is 5.11 Å². The first kappa shape index (κ1) is 8.78. The van der Waals surface area contributed by atoms with Crippen LogP contribution in [0.15, 0.2) is 16.6 Å². The molecule has 0 aromatic heterocycles. The molecule has 1 nitrogen and oxygen atoms in total. The van der Waals surface area contributed by atoms with Gasteiger partial charge in [-0.1, -0.05) is 22.4 Å². The number of benzene rings is 1. The summed E-state index contributed by atoms with van der Waals surface area (Å²) >= 11 is 3.59. The van der Waals surface area contributed by atoms with Crippen LogP contribution in [-0.4, -0.2) is 5.11 Å². The number of aromatic hydroxyl groups is 1. The van der Waals surface area contributed by atoms with E-state index in [2.05, 4.69) is 15.9 Å². The Hall–Kier alpha value is -0.500. The van der Waals surface area contributed by atoms with Crippen molar-refractivity contribution in [2.24, 2.45) is 0 Å². The Morgan fingerprint density at radius 1 is 1.21 bits per heavy atom. The molecule has 2 aliphatic carbocycles. The van der Waals surface area contributed by atoms with Gasteiger partial charge >= 0.3 is 0 Å². The first-order chi connectivity index (χ1) is 6.71. The van der Waals surface area contributed by atoms with E-state index >= 15 is 0 Å². The Balaban J connectivity index is 2.19. The van der Waals surface area contributed by atoms with Crippen molar-refractivity contribution in [2.45, 2.75) is 37.5 Å². The van der Waals surface area contributed by atoms with Crippen molar-refractivity contribution in [1.82, 2.24) is 0 Å². The smallest absolute Gasteiger partial charge is 0.116 e. The monoisotopic (exact) mass is 252 g/mol. The molecule has 3 rings (SSSR count). The Bertz CT molecular complexity index is 394. The molecule has 2 heteroatoms. The van der Waals surface area contributed by atoms with Gasteiger partial charge in [0.2, 0.25) is 0 Å². The largest absolute Gasteiger partial charge is 0.508 e. The number of phenolic OH excluding ortho intramolecular Hbond substituents is 1. The highest BCUT2D eigenvalue weighted by atomic mass is 79.9. The molecule has 1 aromatic rings. The van der Waals surface area contributed by atoms with Gasteiger partial charge in [0.1, 0.15) is 5.75 Å². The molecular weight excluding hydrogens is 240 g/mol. The molecule has 2 aliphatic rings. The molecule has 0 aliphatic heterocycles. The van der Waals surface area contributed by atoms with Crippen LogP contribution in [0.25, 0.3) is 0 Å². The Morgan fingerprint density at radius 3 is 2.64 bits per heavy atom. The number of phenols is 1. The van der Waals surface area contributed by atoms with Gasteiger partial charge in [0.05, 0.1) is 0 Å². The van der Waals surface area contributed by atoms with Crippen molar-refractivity contribution in [3.63, 3.8) is 0 Å². The van der Waals surface area contributed by atoms with Gasteiger partial charge in [-0.2, -0.15) is 0 Å². The van der Waals surface area contributed by atoms with E-state index in [4.69, 9.17) is 0 Å². The summed E-state index contributed by atoms with van der Waals surface area (Å²) in [5.41, 5.74) is 3.32. The average Bonchev–Trinajstić information content (AvgIpc) is 2.42. The Labute approximate surface area is 92.3 Å². The van der Waals surface area contributed by atoms with Gasteiger partial charge in [0.15, 0.2) is 0 Å². The number of hydrogen-bond donors (Lipinski definition) is 1.